The smallest absolute Gasteiger partial charge is 0.213 e. The van der Waals surface area contributed by atoms with Gasteiger partial charge in [0.2, 0.25) is 5.88 Å². The number of aryl methyl sites for hydroxylation is 3. The molecular formula is C18H25N3OS. The summed E-state index contributed by atoms with van der Waals surface area (Å²) in [5.74, 6) is 1.33. The summed E-state index contributed by atoms with van der Waals surface area (Å²) >= 11 is 1.83. The predicted octanol–water partition coefficient (Wildman–Crippen LogP) is 3.75. The standard InChI is InChI=1S/C18H25N3OS/c1-13-6-4-8-18(19-13)22-12-16-7-5-9-21(10-16)11-17-14(2)20-15(3)23-17/h4,6,8,16H,5,7,9-12H2,1-3H3. The molecule has 3 heterocycles. The second-order valence-electron chi connectivity index (χ2n) is 6.41. The van der Waals surface area contributed by atoms with Crippen molar-refractivity contribution in [2.75, 3.05) is 19.7 Å². The number of piperidine rings is 1. The molecule has 1 aliphatic rings. The van der Waals surface area contributed by atoms with Gasteiger partial charge in [-0.2, -0.15) is 0 Å². The minimum absolute atomic E-state index is 0.584. The molecule has 23 heavy (non-hydrogen) atoms. The lowest BCUT2D eigenvalue weighted by molar-refractivity contribution is 0.123. The number of hydrogen-bond donors (Lipinski definition) is 0. The summed E-state index contributed by atoms with van der Waals surface area (Å²) < 4.78 is 5.91. The van der Waals surface area contributed by atoms with E-state index in [0.717, 1.165) is 31.3 Å². The Labute approximate surface area is 142 Å². The first-order valence-corrected chi connectivity index (χ1v) is 9.13. The van der Waals surface area contributed by atoms with Crippen LogP contribution < -0.4 is 4.74 Å². The van der Waals surface area contributed by atoms with E-state index in [1.54, 1.807) is 0 Å². The molecule has 0 bridgehead atoms. The van der Waals surface area contributed by atoms with Crippen LogP contribution >= 0.6 is 11.3 Å². The van der Waals surface area contributed by atoms with Crippen molar-refractivity contribution in [1.29, 1.82) is 0 Å². The van der Waals surface area contributed by atoms with Crippen LogP contribution in [0.15, 0.2) is 18.2 Å². The van der Waals surface area contributed by atoms with Crippen LogP contribution in [-0.4, -0.2) is 34.6 Å². The van der Waals surface area contributed by atoms with E-state index in [4.69, 9.17) is 4.74 Å². The number of likely N-dealkylation sites (tertiary alicyclic amines) is 1. The molecule has 0 aliphatic carbocycles. The van der Waals surface area contributed by atoms with Crippen molar-refractivity contribution in [1.82, 2.24) is 14.9 Å². The molecule has 4 nitrogen and oxygen atoms in total. The quantitative estimate of drug-likeness (QED) is 0.836. The molecule has 3 rings (SSSR count). The third-order valence-electron chi connectivity index (χ3n) is 4.30. The molecule has 0 spiro atoms. The highest BCUT2D eigenvalue weighted by Gasteiger charge is 2.22. The second-order valence-corrected chi connectivity index (χ2v) is 7.70. The van der Waals surface area contributed by atoms with E-state index in [0.29, 0.717) is 5.92 Å². The monoisotopic (exact) mass is 331 g/mol. The third kappa shape index (κ3) is 4.52. The van der Waals surface area contributed by atoms with Crippen LogP contribution in [0.5, 0.6) is 5.88 Å². The maximum atomic E-state index is 5.91. The molecule has 0 aromatic carbocycles. The van der Waals surface area contributed by atoms with Crippen LogP contribution in [0, 0.1) is 26.7 Å². The first-order chi connectivity index (χ1) is 11.1. The van der Waals surface area contributed by atoms with Crippen LogP contribution in [-0.2, 0) is 6.54 Å². The molecule has 1 aliphatic heterocycles. The Bertz CT molecular complexity index is 655. The zero-order valence-electron chi connectivity index (χ0n) is 14.2. The average molecular weight is 331 g/mol. The van der Waals surface area contributed by atoms with Gasteiger partial charge in [-0.3, -0.25) is 4.90 Å². The molecule has 0 saturated carbocycles. The van der Waals surface area contributed by atoms with Gasteiger partial charge in [0, 0.05) is 35.6 Å². The van der Waals surface area contributed by atoms with Gasteiger partial charge < -0.3 is 4.74 Å². The van der Waals surface area contributed by atoms with Crippen molar-refractivity contribution in [2.45, 2.75) is 40.2 Å². The van der Waals surface area contributed by atoms with Crippen LogP contribution in [0.2, 0.25) is 0 Å². The van der Waals surface area contributed by atoms with E-state index in [9.17, 15) is 0 Å². The summed E-state index contributed by atoms with van der Waals surface area (Å²) in [6, 6.07) is 5.94. The van der Waals surface area contributed by atoms with Crippen molar-refractivity contribution >= 4 is 11.3 Å². The molecule has 1 atom stereocenters. The Balaban J connectivity index is 1.53. The van der Waals surface area contributed by atoms with Gasteiger partial charge in [0.25, 0.3) is 0 Å². The largest absolute Gasteiger partial charge is 0.477 e. The molecule has 2 aromatic rings. The van der Waals surface area contributed by atoms with Gasteiger partial charge in [-0.15, -0.1) is 11.3 Å². The SMILES string of the molecule is Cc1cccc(OCC2CCCN(Cc3sc(C)nc3C)C2)n1. The Morgan fingerprint density at radius 1 is 1.26 bits per heavy atom. The van der Waals surface area contributed by atoms with Crippen LogP contribution in [0.3, 0.4) is 0 Å². The molecule has 1 fully saturated rings. The lowest BCUT2D eigenvalue weighted by Gasteiger charge is -2.32. The first-order valence-electron chi connectivity index (χ1n) is 8.32. The highest BCUT2D eigenvalue weighted by Crippen LogP contribution is 2.23. The number of aromatic nitrogens is 2. The summed E-state index contributed by atoms with van der Waals surface area (Å²) in [6.45, 7) is 10.3. The number of ether oxygens (including phenoxy) is 1. The minimum atomic E-state index is 0.584. The summed E-state index contributed by atoms with van der Waals surface area (Å²) in [7, 11) is 0. The Morgan fingerprint density at radius 3 is 2.87 bits per heavy atom. The number of nitrogens with zero attached hydrogens (tertiary/aromatic N) is 3. The Morgan fingerprint density at radius 2 is 2.13 bits per heavy atom. The van der Waals surface area contributed by atoms with E-state index in [-0.39, 0.29) is 0 Å². The third-order valence-corrected chi connectivity index (χ3v) is 5.36. The highest BCUT2D eigenvalue weighted by molar-refractivity contribution is 7.11. The number of thiazole rings is 1. The second kappa shape index (κ2) is 7.41. The fourth-order valence-corrected chi connectivity index (χ4v) is 4.14. The number of hydrogen-bond acceptors (Lipinski definition) is 5. The number of rotatable bonds is 5. The molecule has 0 N–H and O–H groups in total. The molecule has 0 amide bonds. The van der Waals surface area contributed by atoms with E-state index in [2.05, 4.69) is 28.7 Å². The van der Waals surface area contributed by atoms with Crippen molar-refractivity contribution in [3.05, 3.63) is 39.5 Å². The van der Waals surface area contributed by atoms with Gasteiger partial charge in [-0.05, 0) is 46.2 Å². The fourth-order valence-electron chi connectivity index (χ4n) is 3.16. The molecular weight excluding hydrogens is 306 g/mol. The Hall–Kier alpha value is -1.46. The van der Waals surface area contributed by atoms with Gasteiger partial charge in [-0.25, -0.2) is 9.97 Å². The van der Waals surface area contributed by atoms with E-state index >= 15 is 0 Å². The molecule has 0 radical (unpaired) electrons. The lowest BCUT2D eigenvalue weighted by atomic mass is 9.99. The molecule has 5 heteroatoms. The van der Waals surface area contributed by atoms with E-state index in [1.807, 2.05) is 36.5 Å². The van der Waals surface area contributed by atoms with Crippen molar-refractivity contribution in [2.24, 2.45) is 5.92 Å². The summed E-state index contributed by atoms with van der Waals surface area (Å²) in [5.41, 5.74) is 2.19. The zero-order valence-corrected chi connectivity index (χ0v) is 15.0. The molecule has 1 unspecified atom stereocenters. The highest BCUT2D eigenvalue weighted by atomic mass is 32.1. The van der Waals surface area contributed by atoms with Gasteiger partial charge in [-0.1, -0.05) is 6.07 Å². The van der Waals surface area contributed by atoms with Crippen molar-refractivity contribution in [3.8, 4) is 5.88 Å². The van der Waals surface area contributed by atoms with E-state index < -0.39 is 0 Å². The summed E-state index contributed by atoms with van der Waals surface area (Å²) in [5, 5.41) is 1.17. The van der Waals surface area contributed by atoms with Gasteiger partial charge in [0.15, 0.2) is 0 Å². The zero-order chi connectivity index (χ0) is 16.2. The predicted molar refractivity (Wildman–Crippen MR) is 94.1 cm³/mol. The van der Waals surface area contributed by atoms with Crippen LogP contribution in [0.25, 0.3) is 0 Å². The molecule has 2 aromatic heterocycles. The minimum Gasteiger partial charge on any atom is -0.477 e. The molecule has 124 valence electrons. The number of pyridine rings is 1. The van der Waals surface area contributed by atoms with Crippen molar-refractivity contribution in [3.63, 3.8) is 0 Å². The van der Waals surface area contributed by atoms with E-state index in [1.165, 1.54) is 35.0 Å². The summed E-state index contributed by atoms with van der Waals surface area (Å²) in [6.07, 6.45) is 2.48. The Kier molecular flexibility index (Phi) is 5.28. The fraction of sp³-hybridized carbons (Fsp3) is 0.556. The molecule has 1 saturated heterocycles. The average Bonchev–Trinajstić information content (AvgIpc) is 2.83. The first kappa shape index (κ1) is 16.4. The van der Waals surface area contributed by atoms with Gasteiger partial charge >= 0.3 is 0 Å². The van der Waals surface area contributed by atoms with Gasteiger partial charge in [0.05, 0.1) is 17.3 Å². The maximum absolute atomic E-state index is 5.91. The normalized spacial score (nSPS) is 19.0. The summed E-state index contributed by atoms with van der Waals surface area (Å²) in [4.78, 5) is 12.9. The van der Waals surface area contributed by atoms with Gasteiger partial charge in [0.1, 0.15) is 0 Å². The topological polar surface area (TPSA) is 38.2 Å². The lowest BCUT2D eigenvalue weighted by Crippen LogP contribution is -2.37. The van der Waals surface area contributed by atoms with Crippen LogP contribution in [0.4, 0.5) is 0 Å². The maximum Gasteiger partial charge on any atom is 0.213 e. The van der Waals surface area contributed by atoms with Crippen molar-refractivity contribution < 1.29 is 4.74 Å². The van der Waals surface area contributed by atoms with Crippen LogP contribution in [0.1, 0.15) is 34.1 Å².